The Morgan fingerprint density at radius 1 is 1.43 bits per heavy atom. The van der Waals surface area contributed by atoms with Crippen LogP contribution in [0.5, 0.6) is 0 Å². The lowest BCUT2D eigenvalue weighted by molar-refractivity contribution is -0.121. The third-order valence-corrected chi connectivity index (χ3v) is 4.11. The second kappa shape index (κ2) is 6.39. The molecule has 0 bridgehead atoms. The van der Waals surface area contributed by atoms with Gasteiger partial charge in [0.1, 0.15) is 10.8 Å². The van der Waals surface area contributed by atoms with Crippen molar-refractivity contribution in [3.63, 3.8) is 0 Å². The monoisotopic (exact) mass is 306 g/mol. The summed E-state index contributed by atoms with van der Waals surface area (Å²) in [7, 11) is 0. The molecule has 0 atom stereocenters. The fourth-order valence-corrected chi connectivity index (χ4v) is 2.82. The number of thiazole rings is 1. The summed E-state index contributed by atoms with van der Waals surface area (Å²) < 4.78 is 1.97. The summed E-state index contributed by atoms with van der Waals surface area (Å²) in [6, 6.07) is 0. The maximum Gasteiger partial charge on any atom is 0.222 e. The van der Waals surface area contributed by atoms with E-state index in [1.165, 1.54) is 0 Å². The topological polar surface area (TPSA) is 59.8 Å². The van der Waals surface area contributed by atoms with Crippen LogP contribution in [0.15, 0.2) is 17.8 Å². The van der Waals surface area contributed by atoms with Crippen LogP contribution in [-0.4, -0.2) is 20.4 Å². The molecular formula is C15H22N4OS. The van der Waals surface area contributed by atoms with Crippen molar-refractivity contribution < 1.29 is 4.79 Å². The molecule has 0 aromatic carbocycles. The molecule has 21 heavy (non-hydrogen) atoms. The molecule has 0 saturated heterocycles. The van der Waals surface area contributed by atoms with E-state index in [0.29, 0.717) is 19.5 Å². The van der Waals surface area contributed by atoms with Crippen LogP contribution in [0.3, 0.4) is 0 Å². The summed E-state index contributed by atoms with van der Waals surface area (Å²) in [6.45, 7) is 9.50. The molecule has 0 radical (unpaired) electrons. The minimum absolute atomic E-state index is 0.0376. The van der Waals surface area contributed by atoms with Crippen LogP contribution in [-0.2, 0) is 23.3 Å². The second-order valence-electron chi connectivity index (χ2n) is 6.07. The molecule has 0 fully saturated rings. The van der Waals surface area contributed by atoms with Gasteiger partial charge in [-0.2, -0.15) is 0 Å². The van der Waals surface area contributed by atoms with Gasteiger partial charge in [-0.1, -0.05) is 20.8 Å². The highest BCUT2D eigenvalue weighted by atomic mass is 32.1. The van der Waals surface area contributed by atoms with Crippen LogP contribution in [0.1, 0.15) is 43.7 Å². The Morgan fingerprint density at radius 3 is 2.76 bits per heavy atom. The van der Waals surface area contributed by atoms with E-state index in [2.05, 4.69) is 41.4 Å². The van der Waals surface area contributed by atoms with Crippen LogP contribution >= 0.6 is 11.3 Å². The summed E-state index contributed by atoms with van der Waals surface area (Å²) in [4.78, 5) is 20.6. The maximum atomic E-state index is 11.9. The van der Waals surface area contributed by atoms with Gasteiger partial charge in [-0.25, -0.2) is 9.97 Å². The summed E-state index contributed by atoms with van der Waals surface area (Å²) in [5.74, 6) is 0.966. The molecule has 2 rings (SSSR count). The van der Waals surface area contributed by atoms with Gasteiger partial charge in [0.05, 0.1) is 12.2 Å². The number of nitrogens with one attached hydrogen (secondary N) is 1. The third-order valence-electron chi connectivity index (χ3n) is 3.26. The lowest BCUT2D eigenvalue weighted by Gasteiger charge is -2.14. The normalized spacial score (nSPS) is 11.6. The molecule has 0 aliphatic heterocycles. The first kappa shape index (κ1) is 15.7. The molecule has 0 saturated carbocycles. The van der Waals surface area contributed by atoms with Crippen molar-refractivity contribution in [3.8, 4) is 0 Å². The number of aromatic nitrogens is 3. The van der Waals surface area contributed by atoms with Crippen molar-refractivity contribution in [2.75, 3.05) is 0 Å². The fraction of sp³-hybridized carbons (Fsp3) is 0.533. The first-order chi connectivity index (χ1) is 9.86. The number of carbonyl (C=O) groups is 1. The highest BCUT2D eigenvalue weighted by molar-refractivity contribution is 7.09. The number of amides is 1. The zero-order valence-corrected chi connectivity index (χ0v) is 13.8. The van der Waals surface area contributed by atoms with Crippen molar-refractivity contribution >= 4 is 17.2 Å². The predicted molar refractivity (Wildman–Crippen MR) is 84.2 cm³/mol. The Morgan fingerprint density at radius 2 is 2.19 bits per heavy atom. The lowest BCUT2D eigenvalue weighted by Crippen LogP contribution is -2.24. The lowest BCUT2D eigenvalue weighted by atomic mass is 9.93. The number of imidazole rings is 1. The summed E-state index contributed by atoms with van der Waals surface area (Å²) in [5.41, 5.74) is 1.13. The Kier molecular flexibility index (Phi) is 4.77. The van der Waals surface area contributed by atoms with Gasteiger partial charge in [0, 0.05) is 36.2 Å². The van der Waals surface area contributed by atoms with E-state index in [9.17, 15) is 4.79 Å². The third kappa shape index (κ3) is 4.39. The second-order valence-corrected chi connectivity index (χ2v) is 7.01. The molecular weight excluding hydrogens is 284 g/mol. The van der Waals surface area contributed by atoms with Crippen LogP contribution < -0.4 is 5.32 Å². The van der Waals surface area contributed by atoms with Gasteiger partial charge in [0.2, 0.25) is 5.91 Å². The van der Waals surface area contributed by atoms with Crippen LogP contribution in [0.25, 0.3) is 0 Å². The molecule has 1 N–H and O–H groups in total. The zero-order chi connectivity index (χ0) is 15.5. The first-order valence-corrected chi connectivity index (χ1v) is 7.93. The van der Waals surface area contributed by atoms with E-state index in [-0.39, 0.29) is 11.3 Å². The van der Waals surface area contributed by atoms with Crippen molar-refractivity contribution in [3.05, 3.63) is 34.3 Å². The molecule has 0 unspecified atom stereocenters. The predicted octanol–water partition coefficient (Wildman–Crippen LogP) is 2.65. The van der Waals surface area contributed by atoms with Gasteiger partial charge in [0.25, 0.3) is 0 Å². The van der Waals surface area contributed by atoms with Gasteiger partial charge in [-0.05, 0) is 6.92 Å². The van der Waals surface area contributed by atoms with E-state index in [0.717, 1.165) is 16.5 Å². The standard InChI is InChI=1S/C15H22N4OS/c1-11-16-6-8-19(11)7-5-13(20)17-9-14-18-12(10-21-14)15(2,3)4/h6,8,10H,5,7,9H2,1-4H3,(H,17,20). The van der Waals surface area contributed by atoms with Crippen LogP contribution in [0.2, 0.25) is 0 Å². The molecule has 0 aliphatic carbocycles. The first-order valence-electron chi connectivity index (χ1n) is 7.05. The number of carbonyl (C=O) groups excluding carboxylic acids is 1. The van der Waals surface area contributed by atoms with E-state index < -0.39 is 0 Å². The average molecular weight is 306 g/mol. The van der Waals surface area contributed by atoms with Crippen molar-refractivity contribution in [1.29, 1.82) is 0 Å². The fourth-order valence-electron chi connectivity index (χ4n) is 1.86. The van der Waals surface area contributed by atoms with Gasteiger partial charge < -0.3 is 9.88 Å². The molecule has 2 heterocycles. The summed E-state index contributed by atoms with van der Waals surface area (Å²) in [6.07, 6.45) is 4.09. The van der Waals surface area contributed by atoms with Crippen LogP contribution in [0, 0.1) is 6.92 Å². The SMILES string of the molecule is Cc1nccn1CCC(=O)NCc1nc(C(C)(C)C)cs1. The Bertz CT molecular complexity index is 609. The average Bonchev–Trinajstić information content (AvgIpc) is 3.02. The van der Waals surface area contributed by atoms with Crippen molar-refractivity contribution in [1.82, 2.24) is 19.9 Å². The highest BCUT2D eigenvalue weighted by Gasteiger charge is 2.17. The Hall–Kier alpha value is -1.69. The van der Waals surface area contributed by atoms with Gasteiger partial charge >= 0.3 is 0 Å². The quantitative estimate of drug-likeness (QED) is 0.924. The molecule has 2 aromatic heterocycles. The molecule has 0 aliphatic rings. The summed E-state index contributed by atoms with van der Waals surface area (Å²) >= 11 is 1.60. The maximum absolute atomic E-state index is 11.9. The van der Waals surface area contributed by atoms with E-state index in [4.69, 9.17) is 0 Å². The summed E-state index contributed by atoms with van der Waals surface area (Å²) in [5, 5.41) is 5.94. The molecule has 114 valence electrons. The van der Waals surface area contributed by atoms with E-state index in [1.807, 2.05) is 17.7 Å². The van der Waals surface area contributed by atoms with E-state index >= 15 is 0 Å². The molecule has 1 amide bonds. The smallest absolute Gasteiger partial charge is 0.222 e. The van der Waals surface area contributed by atoms with E-state index in [1.54, 1.807) is 17.5 Å². The number of hydrogen-bond donors (Lipinski definition) is 1. The van der Waals surface area contributed by atoms with Crippen molar-refractivity contribution in [2.45, 2.75) is 52.6 Å². The molecule has 0 spiro atoms. The van der Waals surface area contributed by atoms with Crippen LogP contribution in [0.4, 0.5) is 0 Å². The number of hydrogen-bond acceptors (Lipinski definition) is 4. The Balaban J connectivity index is 1.79. The Labute approximate surface area is 129 Å². The minimum atomic E-state index is 0.0376. The zero-order valence-electron chi connectivity index (χ0n) is 13.0. The van der Waals surface area contributed by atoms with Gasteiger partial charge in [-0.3, -0.25) is 4.79 Å². The molecule has 6 heteroatoms. The van der Waals surface area contributed by atoms with Gasteiger partial charge in [-0.15, -0.1) is 11.3 Å². The number of rotatable bonds is 5. The van der Waals surface area contributed by atoms with Gasteiger partial charge in [0.15, 0.2) is 0 Å². The molecule has 2 aromatic rings. The largest absolute Gasteiger partial charge is 0.350 e. The van der Waals surface area contributed by atoms with Crippen molar-refractivity contribution in [2.24, 2.45) is 0 Å². The highest BCUT2D eigenvalue weighted by Crippen LogP contribution is 2.23. The number of nitrogens with zero attached hydrogens (tertiary/aromatic N) is 3. The minimum Gasteiger partial charge on any atom is -0.350 e. The number of aryl methyl sites for hydroxylation is 2. The molecule has 5 nitrogen and oxygen atoms in total.